The largest absolute Gasteiger partial charge is 0.394 e. The van der Waals surface area contributed by atoms with Crippen molar-refractivity contribution >= 4 is 0 Å². The van der Waals surface area contributed by atoms with Crippen molar-refractivity contribution in [3.05, 3.63) is 0 Å². The number of hydrogen-bond donors (Lipinski definition) is 12. The molecule has 12 N–H and O–H groups in total. The van der Waals surface area contributed by atoms with E-state index in [0.717, 1.165) is 0 Å². The normalized spacial score (nSPS) is 42.7. The Kier molecular flexibility index (Phi) is 11.4. The summed E-state index contributed by atoms with van der Waals surface area (Å²) in [6.07, 6.45) is -24.7. The second-order valence-electron chi connectivity index (χ2n) is 8.10. The maximum Gasteiger partial charge on any atom is 0.187 e. The highest BCUT2D eigenvalue weighted by Gasteiger charge is 2.51. The summed E-state index contributed by atoms with van der Waals surface area (Å²) >= 11 is 0. The van der Waals surface area contributed by atoms with Crippen LogP contribution < -0.4 is 0 Å². The van der Waals surface area contributed by atoms with Gasteiger partial charge in [0.2, 0.25) is 0 Å². The highest BCUT2D eigenvalue weighted by molar-refractivity contribution is 4.95. The van der Waals surface area contributed by atoms with Crippen molar-refractivity contribution in [2.75, 3.05) is 26.4 Å². The Bertz CT molecular complexity index is 594. The molecule has 0 aliphatic carbocycles. The molecule has 0 amide bonds. The van der Waals surface area contributed by atoms with Gasteiger partial charge in [-0.2, -0.15) is 0 Å². The average Bonchev–Trinajstić information content (AvgIpc) is 2.84. The van der Waals surface area contributed by atoms with Crippen LogP contribution in [-0.4, -0.2) is 174 Å². The maximum atomic E-state index is 10.6. The average molecular weight is 506 g/mol. The van der Waals surface area contributed by atoms with Crippen molar-refractivity contribution in [2.45, 2.75) is 85.8 Å². The van der Waals surface area contributed by atoms with Crippen LogP contribution in [-0.2, 0) is 18.9 Å². The van der Waals surface area contributed by atoms with E-state index in [1.807, 2.05) is 0 Å². The molecule has 0 radical (unpaired) electrons. The lowest BCUT2D eigenvalue weighted by Crippen LogP contribution is -2.65. The van der Waals surface area contributed by atoms with Crippen molar-refractivity contribution in [3.8, 4) is 0 Å². The van der Waals surface area contributed by atoms with Crippen LogP contribution in [0.1, 0.15) is 0 Å². The highest BCUT2D eigenvalue weighted by atomic mass is 16.7. The minimum Gasteiger partial charge on any atom is -0.394 e. The molecule has 2 aliphatic heterocycles. The van der Waals surface area contributed by atoms with Crippen LogP contribution in [0.15, 0.2) is 0 Å². The third kappa shape index (κ3) is 6.37. The van der Waals surface area contributed by atoms with E-state index in [0.29, 0.717) is 0 Å². The number of aliphatic hydroxyl groups excluding tert-OH is 12. The molecule has 0 aromatic heterocycles. The van der Waals surface area contributed by atoms with Gasteiger partial charge >= 0.3 is 0 Å². The molecule has 34 heavy (non-hydrogen) atoms. The van der Waals surface area contributed by atoms with Gasteiger partial charge in [0.25, 0.3) is 0 Å². The molecule has 2 fully saturated rings. The van der Waals surface area contributed by atoms with E-state index >= 15 is 0 Å². The minimum atomic E-state index is -1.98. The van der Waals surface area contributed by atoms with Crippen molar-refractivity contribution in [2.24, 2.45) is 0 Å². The van der Waals surface area contributed by atoms with Crippen molar-refractivity contribution < 1.29 is 80.2 Å². The molecule has 202 valence electrons. The van der Waals surface area contributed by atoms with Gasteiger partial charge in [0.05, 0.1) is 26.4 Å². The van der Waals surface area contributed by atoms with E-state index in [2.05, 4.69) is 0 Å². The van der Waals surface area contributed by atoms with Gasteiger partial charge in [-0.05, 0) is 0 Å². The third-order valence-corrected chi connectivity index (χ3v) is 5.74. The van der Waals surface area contributed by atoms with Crippen LogP contribution in [0.4, 0.5) is 0 Å². The molecule has 2 rings (SSSR count). The summed E-state index contributed by atoms with van der Waals surface area (Å²) in [6, 6.07) is 0. The Morgan fingerprint density at radius 2 is 1.15 bits per heavy atom. The third-order valence-electron chi connectivity index (χ3n) is 5.74. The molecule has 0 aromatic carbocycles. The maximum absolute atomic E-state index is 10.6. The molecule has 16 nitrogen and oxygen atoms in total. The fourth-order valence-electron chi connectivity index (χ4n) is 3.65. The van der Waals surface area contributed by atoms with Crippen LogP contribution in [0.3, 0.4) is 0 Å². The Morgan fingerprint density at radius 1 is 0.618 bits per heavy atom. The van der Waals surface area contributed by atoms with Crippen LogP contribution in [0.5, 0.6) is 0 Å². The SMILES string of the molecule is OC[C@@H](O)[C@H](O[C@H]1O[C@H](CO)[C@H](O[C@H]2O[C@H](CO)[C@H](O)[C@H](O)[C@H]2O)[C@H](O)[C@H]1O)[C@H](O)[C@@H](O)CO. The molecular formula is C18H34O16. The van der Waals surface area contributed by atoms with Gasteiger partial charge in [0.1, 0.15) is 73.2 Å². The fourth-order valence-corrected chi connectivity index (χ4v) is 3.65. The topological polar surface area (TPSA) is 280 Å². The number of rotatable bonds is 11. The van der Waals surface area contributed by atoms with E-state index in [-0.39, 0.29) is 0 Å². The zero-order chi connectivity index (χ0) is 25.7. The van der Waals surface area contributed by atoms with Gasteiger partial charge < -0.3 is 80.2 Å². The standard InChI is InChI=1S/C18H34O16/c19-1-5(23)9(25)15(6(24)2-20)33-18-14(30)12(28)16(8(4-22)32-18)34-17-13(29)11(27)10(26)7(3-21)31-17/h5-30H,1-4H2/t5-,6+,7+,8+,9+,10-,11-,12+,13+,14+,15-,16-,17+,18+/m0/s1. The summed E-state index contributed by atoms with van der Waals surface area (Å²) in [7, 11) is 0. The van der Waals surface area contributed by atoms with Gasteiger partial charge in [-0.25, -0.2) is 0 Å². The van der Waals surface area contributed by atoms with Crippen LogP contribution >= 0.6 is 0 Å². The van der Waals surface area contributed by atoms with E-state index in [4.69, 9.17) is 24.1 Å². The minimum absolute atomic E-state index is 0.757. The number of aliphatic hydroxyl groups is 12. The smallest absolute Gasteiger partial charge is 0.187 e. The summed E-state index contributed by atoms with van der Waals surface area (Å²) in [5, 5.41) is 118. The molecule has 16 heteroatoms. The molecule has 2 heterocycles. The fraction of sp³-hybridized carbons (Fsp3) is 1.00. The molecule has 2 aliphatic rings. The van der Waals surface area contributed by atoms with Crippen molar-refractivity contribution in [1.29, 1.82) is 0 Å². The Morgan fingerprint density at radius 3 is 1.68 bits per heavy atom. The van der Waals surface area contributed by atoms with Gasteiger partial charge in [0, 0.05) is 0 Å². The van der Waals surface area contributed by atoms with E-state index in [1.165, 1.54) is 0 Å². The zero-order valence-electron chi connectivity index (χ0n) is 17.9. The number of hydrogen-bond acceptors (Lipinski definition) is 16. The van der Waals surface area contributed by atoms with Gasteiger partial charge in [-0.1, -0.05) is 0 Å². The molecular weight excluding hydrogens is 472 g/mol. The van der Waals surface area contributed by atoms with Crippen molar-refractivity contribution in [1.82, 2.24) is 0 Å². The summed E-state index contributed by atoms with van der Waals surface area (Å²) in [4.78, 5) is 0. The second kappa shape index (κ2) is 13.1. The Balaban J connectivity index is 2.17. The van der Waals surface area contributed by atoms with E-state index < -0.39 is 112 Å². The monoisotopic (exact) mass is 506 g/mol. The van der Waals surface area contributed by atoms with Gasteiger partial charge in [-0.3, -0.25) is 0 Å². The van der Waals surface area contributed by atoms with E-state index in [1.54, 1.807) is 0 Å². The lowest BCUT2D eigenvalue weighted by atomic mass is 9.96. The highest BCUT2D eigenvalue weighted by Crippen LogP contribution is 2.30. The molecule has 2 saturated heterocycles. The first kappa shape index (κ1) is 29.6. The quantitative estimate of drug-likeness (QED) is 0.124. The predicted molar refractivity (Wildman–Crippen MR) is 103 cm³/mol. The van der Waals surface area contributed by atoms with Crippen molar-refractivity contribution in [3.63, 3.8) is 0 Å². The summed E-state index contributed by atoms with van der Waals surface area (Å²) in [5.41, 5.74) is 0. The molecule has 0 aromatic rings. The molecule has 0 unspecified atom stereocenters. The Hall–Kier alpha value is -0.640. The van der Waals surface area contributed by atoms with Crippen LogP contribution in [0, 0.1) is 0 Å². The molecule has 0 bridgehead atoms. The Labute approximate surface area is 193 Å². The predicted octanol–water partition coefficient (Wildman–Crippen LogP) is -7.94. The number of ether oxygens (including phenoxy) is 4. The lowest BCUT2D eigenvalue weighted by molar-refractivity contribution is -0.367. The zero-order valence-corrected chi connectivity index (χ0v) is 17.9. The van der Waals surface area contributed by atoms with E-state index in [9.17, 15) is 56.2 Å². The first-order valence-electron chi connectivity index (χ1n) is 10.5. The van der Waals surface area contributed by atoms with Gasteiger partial charge in [-0.15, -0.1) is 0 Å². The summed E-state index contributed by atoms with van der Waals surface area (Å²) < 4.78 is 21.2. The summed E-state index contributed by atoms with van der Waals surface area (Å²) in [5.74, 6) is 0. The molecule has 0 saturated carbocycles. The molecule has 14 atom stereocenters. The second-order valence-corrected chi connectivity index (χ2v) is 8.10. The first-order chi connectivity index (χ1) is 16.0. The first-order valence-corrected chi connectivity index (χ1v) is 10.5. The molecule has 0 spiro atoms. The van der Waals surface area contributed by atoms with Gasteiger partial charge in [0.15, 0.2) is 12.6 Å². The lowest BCUT2D eigenvalue weighted by Gasteiger charge is -2.46. The summed E-state index contributed by atoms with van der Waals surface area (Å²) in [6.45, 7) is -3.52. The van der Waals surface area contributed by atoms with Crippen LogP contribution in [0.25, 0.3) is 0 Å². The van der Waals surface area contributed by atoms with Crippen LogP contribution in [0.2, 0.25) is 0 Å².